The van der Waals surface area contributed by atoms with Gasteiger partial charge in [0.2, 0.25) is 0 Å². The number of para-hydroxylation sites is 2. The molecule has 1 aromatic carbocycles. The Morgan fingerprint density at radius 1 is 1.22 bits per heavy atom. The van der Waals surface area contributed by atoms with E-state index in [1.165, 1.54) is 4.90 Å². The highest BCUT2D eigenvalue weighted by atomic mass is 16.3. The van der Waals surface area contributed by atoms with Crippen molar-refractivity contribution < 1.29 is 19.2 Å². The lowest BCUT2D eigenvalue weighted by Gasteiger charge is -2.33. The molecule has 2 heterocycles. The molecule has 0 spiro atoms. The Kier molecular flexibility index (Phi) is 4.83. The number of nitrogens with one attached hydrogen (secondary N) is 2. The minimum absolute atomic E-state index is 0.0346. The minimum Gasteiger partial charge on any atom is -0.506 e. The van der Waals surface area contributed by atoms with Gasteiger partial charge in [0.15, 0.2) is 6.54 Å². The topological polar surface area (TPSA) is 70.2 Å². The monoisotopic (exact) mass is 316 g/mol. The third kappa shape index (κ3) is 4.04. The molecule has 0 bridgehead atoms. The summed E-state index contributed by atoms with van der Waals surface area (Å²) in [5.74, 6) is 1.11. The van der Waals surface area contributed by atoms with Crippen molar-refractivity contribution in [3.8, 4) is 5.75 Å². The van der Waals surface area contributed by atoms with Gasteiger partial charge in [-0.1, -0.05) is 12.1 Å². The van der Waals surface area contributed by atoms with Crippen LogP contribution in [0.25, 0.3) is 0 Å². The molecule has 23 heavy (non-hydrogen) atoms. The van der Waals surface area contributed by atoms with E-state index in [0.717, 1.165) is 37.6 Å². The molecule has 1 fully saturated rings. The van der Waals surface area contributed by atoms with Crippen molar-refractivity contribution in [3.05, 3.63) is 48.4 Å². The quantitative estimate of drug-likeness (QED) is 0.727. The number of quaternary nitrogens is 1. The van der Waals surface area contributed by atoms with E-state index in [2.05, 4.69) is 10.2 Å². The van der Waals surface area contributed by atoms with E-state index in [0.29, 0.717) is 18.8 Å². The van der Waals surface area contributed by atoms with Crippen LogP contribution in [0.4, 0.5) is 5.69 Å². The van der Waals surface area contributed by atoms with E-state index < -0.39 is 0 Å². The Bertz CT molecular complexity index is 634. The number of benzene rings is 1. The maximum Gasteiger partial charge on any atom is 0.275 e. The second-order valence-corrected chi connectivity index (χ2v) is 5.76. The first kappa shape index (κ1) is 15.4. The first-order chi connectivity index (χ1) is 11.2. The van der Waals surface area contributed by atoms with Crippen molar-refractivity contribution in [2.45, 2.75) is 6.54 Å². The van der Waals surface area contributed by atoms with Crippen LogP contribution in [0.15, 0.2) is 47.1 Å². The van der Waals surface area contributed by atoms with Crippen molar-refractivity contribution in [3.63, 3.8) is 0 Å². The van der Waals surface area contributed by atoms with Crippen molar-refractivity contribution in [1.82, 2.24) is 5.32 Å². The molecule has 1 amide bonds. The zero-order valence-electron chi connectivity index (χ0n) is 13.0. The maximum absolute atomic E-state index is 12.0. The van der Waals surface area contributed by atoms with E-state index in [-0.39, 0.29) is 5.91 Å². The fourth-order valence-electron chi connectivity index (χ4n) is 2.86. The van der Waals surface area contributed by atoms with Crippen LogP contribution >= 0.6 is 0 Å². The van der Waals surface area contributed by atoms with Gasteiger partial charge in [-0.15, -0.1) is 0 Å². The van der Waals surface area contributed by atoms with Gasteiger partial charge in [-0.3, -0.25) is 4.79 Å². The number of piperazine rings is 1. The second-order valence-electron chi connectivity index (χ2n) is 5.76. The number of hydrogen-bond acceptors (Lipinski definition) is 4. The van der Waals surface area contributed by atoms with Gasteiger partial charge in [0.25, 0.3) is 5.91 Å². The SMILES string of the molecule is O=C(C[NH+]1CCN(c2ccccc2O)CC1)NCc1ccco1. The Morgan fingerprint density at radius 2 is 2.00 bits per heavy atom. The molecule has 0 radical (unpaired) electrons. The molecule has 0 saturated carbocycles. The van der Waals surface area contributed by atoms with Gasteiger partial charge in [0.05, 0.1) is 44.7 Å². The number of aromatic hydroxyl groups is 1. The van der Waals surface area contributed by atoms with Gasteiger partial charge in [-0.25, -0.2) is 0 Å². The number of phenolic OH excluding ortho intramolecular Hbond substituents is 1. The molecule has 1 aliphatic heterocycles. The predicted molar refractivity (Wildman–Crippen MR) is 86.4 cm³/mol. The largest absolute Gasteiger partial charge is 0.506 e. The number of amides is 1. The number of carbonyl (C=O) groups is 1. The Balaban J connectivity index is 1.44. The number of anilines is 1. The van der Waals surface area contributed by atoms with Crippen molar-refractivity contribution in [2.24, 2.45) is 0 Å². The summed E-state index contributed by atoms with van der Waals surface area (Å²) in [5, 5.41) is 12.8. The van der Waals surface area contributed by atoms with E-state index in [1.807, 2.05) is 30.3 Å². The summed E-state index contributed by atoms with van der Waals surface area (Å²) >= 11 is 0. The van der Waals surface area contributed by atoms with Crippen LogP contribution in [-0.2, 0) is 11.3 Å². The van der Waals surface area contributed by atoms with Gasteiger partial charge >= 0.3 is 0 Å². The summed E-state index contributed by atoms with van der Waals surface area (Å²) in [5.41, 5.74) is 0.869. The van der Waals surface area contributed by atoms with E-state index in [9.17, 15) is 9.90 Å². The molecule has 0 aliphatic carbocycles. The van der Waals surface area contributed by atoms with E-state index in [1.54, 1.807) is 12.3 Å². The van der Waals surface area contributed by atoms with Crippen LogP contribution in [0.3, 0.4) is 0 Å². The average molecular weight is 316 g/mol. The first-order valence-electron chi connectivity index (χ1n) is 7.88. The normalized spacial score (nSPS) is 15.6. The molecule has 6 nitrogen and oxygen atoms in total. The van der Waals surface area contributed by atoms with Crippen molar-refractivity contribution in [1.29, 1.82) is 0 Å². The maximum atomic E-state index is 12.0. The van der Waals surface area contributed by atoms with Crippen molar-refractivity contribution in [2.75, 3.05) is 37.6 Å². The zero-order chi connectivity index (χ0) is 16.1. The Labute approximate surface area is 135 Å². The van der Waals surface area contributed by atoms with Gasteiger partial charge in [0, 0.05) is 0 Å². The lowest BCUT2D eigenvalue weighted by molar-refractivity contribution is -0.892. The van der Waals surface area contributed by atoms with Gasteiger partial charge < -0.3 is 24.6 Å². The van der Waals surface area contributed by atoms with Crippen molar-refractivity contribution >= 4 is 11.6 Å². The molecule has 2 aromatic rings. The lowest BCUT2D eigenvalue weighted by Crippen LogP contribution is -3.15. The fraction of sp³-hybridized carbons (Fsp3) is 0.353. The summed E-state index contributed by atoms with van der Waals surface area (Å²) < 4.78 is 5.20. The molecule has 3 N–H and O–H groups in total. The van der Waals surface area contributed by atoms with E-state index in [4.69, 9.17) is 4.42 Å². The molecule has 1 saturated heterocycles. The number of phenols is 1. The third-order valence-corrected chi connectivity index (χ3v) is 4.14. The molecule has 0 unspecified atom stereocenters. The number of hydrogen-bond donors (Lipinski definition) is 3. The molecule has 6 heteroatoms. The summed E-state index contributed by atoms with van der Waals surface area (Å²) in [7, 11) is 0. The van der Waals surface area contributed by atoms with Crippen LogP contribution in [-0.4, -0.2) is 43.7 Å². The predicted octanol–water partition coefficient (Wildman–Crippen LogP) is 0.00650. The van der Waals surface area contributed by atoms with Crippen LogP contribution in [0.2, 0.25) is 0 Å². The van der Waals surface area contributed by atoms with Gasteiger partial charge in [-0.2, -0.15) is 0 Å². The van der Waals surface area contributed by atoms with Gasteiger partial charge in [0.1, 0.15) is 11.5 Å². The van der Waals surface area contributed by atoms with Gasteiger partial charge in [-0.05, 0) is 24.3 Å². The molecule has 1 aromatic heterocycles. The molecular formula is C17H22N3O3+. The third-order valence-electron chi connectivity index (χ3n) is 4.14. The minimum atomic E-state index is 0.0346. The second kappa shape index (κ2) is 7.19. The number of rotatable bonds is 5. The summed E-state index contributed by atoms with van der Waals surface area (Å²) in [6, 6.07) is 11.0. The smallest absolute Gasteiger partial charge is 0.275 e. The highest BCUT2D eigenvalue weighted by molar-refractivity contribution is 5.76. The van der Waals surface area contributed by atoms with Crippen LogP contribution in [0, 0.1) is 0 Å². The highest BCUT2D eigenvalue weighted by Gasteiger charge is 2.23. The number of nitrogens with zero attached hydrogens (tertiary/aromatic N) is 1. The van der Waals surface area contributed by atoms with E-state index >= 15 is 0 Å². The summed E-state index contributed by atoms with van der Waals surface area (Å²) in [6.07, 6.45) is 1.60. The fourth-order valence-corrected chi connectivity index (χ4v) is 2.86. The highest BCUT2D eigenvalue weighted by Crippen LogP contribution is 2.25. The number of furan rings is 1. The summed E-state index contributed by atoms with van der Waals surface area (Å²) in [6.45, 7) is 4.32. The molecule has 0 atom stereocenters. The first-order valence-corrected chi connectivity index (χ1v) is 7.88. The summed E-state index contributed by atoms with van der Waals surface area (Å²) in [4.78, 5) is 15.4. The lowest BCUT2D eigenvalue weighted by atomic mass is 10.2. The van der Waals surface area contributed by atoms with Crippen LogP contribution < -0.4 is 15.1 Å². The number of carbonyl (C=O) groups excluding carboxylic acids is 1. The Hall–Kier alpha value is -2.47. The molecule has 1 aliphatic rings. The van der Waals surface area contributed by atoms with Crippen LogP contribution in [0.5, 0.6) is 5.75 Å². The van der Waals surface area contributed by atoms with Crippen LogP contribution in [0.1, 0.15) is 5.76 Å². The average Bonchev–Trinajstić information content (AvgIpc) is 3.08. The zero-order valence-corrected chi connectivity index (χ0v) is 13.0. The molecule has 122 valence electrons. The molecular weight excluding hydrogens is 294 g/mol. The standard InChI is InChI=1S/C17H21N3O3/c21-16-6-2-1-5-15(16)20-9-7-19(8-10-20)13-17(22)18-12-14-4-3-11-23-14/h1-6,11,21H,7-10,12-13H2,(H,18,22)/p+1. The Morgan fingerprint density at radius 3 is 2.70 bits per heavy atom. The molecule has 3 rings (SSSR count).